The van der Waals surface area contributed by atoms with Crippen molar-refractivity contribution < 1.29 is 35.2 Å². The fraction of sp³-hybridized carbons (Fsp3) is 0.316. The van der Waals surface area contributed by atoms with Crippen LogP contribution < -0.4 is 0 Å². The summed E-state index contributed by atoms with van der Waals surface area (Å²) in [4.78, 5) is 13.9. The Balaban J connectivity index is 1.56. The molecule has 0 radical (unpaired) electrons. The highest BCUT2D eigenvalue weighted by Crippen LogP contribution is 2.30. The molecule has 0 N–H and O–H groups in total. The van der Waals surface area contributed by atoms with Gasteiger partial charge in [-0.05, 0) is 42.5 Å². The fourth-order valence-electron chi connectivity index (χ4n) is 2.95. The maximum absolute atomic E-state index is 13.2. The lowest BCUT2D eigenvalue weighted by Gasteiger charge is -2.34. The normalized spacial score (nSPS) is 15.8. The third-order valence-electron chi connectivity index (χ3n) is 4.66. The van der Waals surface area contributed by atoms with Gasteiger partial charge in [0.25, 0.3) is 0 Å². The largest absolute Gasteiger partial charge is 0.416 e. The monoisotopic (exact) mass is 480 g/mol. The minimum atomic E-state index is -4.56. The first-order valence-corrected chi connectivity index (χ1v) is 11.4. The number of sulfonamides is 1. The number of nitrogens with zero attached hydrogens (tertiary/aromatic N) is 2. The lowest BCUT2D eigenvalue weighted by atomic mass is 10.2. The Morgan fingerprint density at radius 2 is 1.55 bits per heavy atom. The molecule has 0 saturated carbocycles. The molecule has 0 bridgehead atoms. The van der Waals surface area contributed by atoms with Crippen LogP contribution in [0.5, 0.6) is 0 Å². The fourth-order valence-corrected chi connectivity index (χ4v) is 5.19. The number of alkyl halides is 3. The lowest BCUT2D eigenvalue weighted by Crippen LogP contribution is -2.50. The summed E-state index contributed by atoms with van der Waals surface area (Å²) in [5.74, 6) is -2.32. The zero-order chi connectivity index (χ0) is 22.8. The van der Waals surface area contributed by atoms with Crippen LogP contribution in [-0.2, 0) is 21.0 Å². The summed E-state index contributed by atoms with van der Waals surface area (Å²) >= 11 is 1.03. The van der Waals surface area contributed by atoms with Crippen LogP contribution in [0.4, 0.5) is 22.0 Å². The summed E-state index contributed by atoms with van der Waals surface area (Å²) in [7, 11) is -3.99. The summed E-state index contributed by atoms with van der Waals surface area (Å²) < 4.78 is 90.6. The van der Waals surface area contributed by atoms with E-state index in [2.05, 4.69) is 0 Å². The van der Waals surface area contributed by atoms with Gasteiger partial charge in [-0.15, -0.1) is 11.8 Å². The second-order valence-electron chi connectivity index (χ2n) is 6.67. The second kappa shape index (κ2) is 9.13. The van der Waals surface area contributed by atoms with Gasteiger partial charge in [0.2, 0.25) is 15.9 Å². The number of hydrogen-bond donors (Lipinski definition) is 0. The molecular weight excluding hydrogens is 463 g/mol. The average Bonchev–Trinajstić information content (AvgIpc) is 2.74. The molecule has 1 aliphatic heterocycles. The van der Waals surface area contributed by atoms with Gasteiger partial charge in [0.1, 0.15) is 0 Å². The number of benzene rings is 2. The van der Waals surface area contributed by atoms with Gasteiger partial charge in [-0.1, -0.05) is 0 Å². The quantitative estimate of drug-likeness (QED) is 0.485. The van der Waals surface area contributed by atoms with Crippen LogP contribution >= 0.6 is 11.8 Å². The van der Waals surface area contributed by atoms with Crippen molar-refractivity contribution in [2.24, 2.45) is 0 Å². The Bertz CT molecular complexity index is 1050. The van der Waals surface area contributed by atoms with Gasteiger partial charge in [0, 0.05) is 31.1 Å². The molecule has 1 saturated heterocycles. The molecule has 0 unspecified atom stereocenters. The third kappa shape index (κ3) is 5.55. The smallest absolute Gasteiger partial charge is 0.339 e. The van der Waals surface area contributed by atoms with Gasteiger partial charge >= 0.3 is 6.18 Å². The minimum Gasteiger partial charge on any atom is -0.339 e. The van der Waals surface area contributed by atoms with E-state index in [0.717, 1.165) is 40.3 Å². The summed E-state index contributed by atoms with van der Waals surface area (Å²) in [5, 5.41) is 0. The molecule has 5 nitrogen and oxygen atoms in total. The van der Waals surface area contributed by atoms with E-state index in [-0.39, 0.29) is 42.7 Å². The summed E-state index contributed by atoms with van der Waals surface area (Å²) in [5.41, 5.74) is -0.944. The lowest BCUT2D eigenvalue weighted by molar-refractivity contribution is -0.137. The molecule has 168 valence electrons. The first-order chi connectivity index (χ1) is 14.5. The van der Waals surface area contributed by atoms with Crippen molar-refractivity contribution in [1.82, 2.24) is 9.21 Å². The van der Waals surface area contributed by atoms with Crippen molar-refractivity contribution in [2.45, 2.75) is 16.0 Å². The number of amides is 1. The van der Waals surface area contributed by atoms with Crippen molar-refractivity contribution in [3.05, 3.63) is 59.7 Å². The summed E-state index contributed by atoms with van der Waals surface area (Å²) in [6.07, 6.45) is -4.56. The van der Waals surface area contributed by atoms with Gasteiger partial charge < -0.3 is 4.90 Å². The molecular formula is C19H17F5N2O3S2. The number of carbonyl (C=O) groups excluding carboxylic acids is 1. The van der Waals surface area contributed by atoms with E-state index in [4.69, 9.17) is 0 Å². The maximum atomic E-state index is 13.2. The molecule has 31 heavy (non-hydrogen) atoms. The number of thioether (sulfide) groups is 1. The van der Waals surface area contributed by atoms with E-state index in [9.17, 15) is 35.2 Å². The molecule has 12 heteroatoms. The Morgan fingerprint density at radius 3 is 2.10 bits per heavy atom. The molecule has 2 aromatic rings. The zero-order valence-corrected chi connectivity index (χ0v) is 17.5. The highest BCUT2D eigenvalue weighted by molar-refractivity contribution is 8.00. The third-order valence-corrected chi connectivity index (χ3v) is 7.56. The molecule has 1 heterocycles. The van der Waals surface area contributed by atoms with Crippen LogP contribution in [0.3, 0.4) is 0 Å². The van der Waals surface area contributed by atoms with Gasteiger partial charge in [-0.2, -0.15) is 17.5 Å². The molecule has 1 aliphatic rings. The Hall–Kier alpha value is -2.18. The van der Waals surface area contributed by atoms with Crippen LogP contribution in [0.2, 0.25) is 0 Å². The van der Waals surface area contributed by atoms with Crippen LogP contribution in [0.15, 0.2) is 52.3 Å². The van der Waals surface area contributed by atoms with Gasteiger partial charge in [-0.25, -0.2) is 17.2 Å². The average molecular weight is 480 g/mol. The second-order valence-corrected chi connectivity index (χ2v) is 9.66. The van der Waals surface area contributed by atoms with Crippen molar-refractivity contribution in [1.29, 1.82) is 0 Å². The first-order valence-electron chi connectivity index (χ1n) is 9.01. The number of carbonyl (C=O) groups is 1. The highest BCUT2D eigenvalue weighted by atomic mass is 32.2. The van der Waals surface area contributed by atoms with Gasteiger partial charge in [0.15, 0.2) is 11.6 Å². The van der Waals surface area contributed by atoms with E-state index in [0.29, 0.717) is 17.0 Å². The predicted molar refractivity (Wildman–Crippen MR) is 104 cm³/mol. The van der Waals surface area contributed by atoms with E-state index in [1.54, 1.807) is 0 Å². The van der Waals surface area contributed by atoms with Crippen molar-refractivity contribution in [2.75, 3.05) is 31.9 Å². The van der Waals surface area contributed by atoms with E-state index >= 15 is 0 Å². The van der Waals surface area contributed by atoms with Crippen molar-refractivity contribution >= 4 is 27.7 Å². The van der Waals surface area contributed by atoms with Gasteiger partial charge in [0.05, 0.1) is 16.2 Å². The van der Waals surface area contributed by atoms with Crippen LogP contribution in [-0.4, -0.2) is 55.5 Å². The maximum Gasteiger partial charge on any atom is 0.416 e. The van der Waals surface area contributed by atoms with Crippen molar-refractivity contribution in [3.63, 3.8) is 0 Å². The van der Waals surface area contributed by atoms with E-state index < -0.39 is 33.4 Å². The zero-order valence-electron chi connectivity index (χ0n) is 15.9. The number of halogens is 5. The van der Waals surface area contributed by atoms with Crippen LogP contribution in [0.25, 0.3) is 0 Å². The molecule has 2 aromatic carbocycles. The molecule has 0 aliphatic carbocycles. The number of piperazine rings is 1. The van der Waals surface area contributed by atoms with Crippen LogP contribution in [0, 0.1) is 11.6 Å². The molecule has 1 amide bonds. The summed E-state index contributed by atoms with van der Waals surface area (Å²) in [6, 6.07) is 6.55. The van der Waals surface area contributed by atoms with E-state index in [1.165, 1.54) is 11.0 Å². The first kappa shape index (κ1) is 23.5. The molecule has 1 fully saturated rings. The Morgan fingerprint density at radius 1 is 0.935 bits per heavy atom. The Labute approximate surface area is 179 Å². The summed E-state index contributed by atoms with van der Waals surface area (Å²) in [6.45, 7) is 0.198. The highest BCUT2D eigenvalue weighted by Gasteiger charge is 2.33. The minimum absolute atomic E-state index is 0.00899. The van der Waals surface area contributed by atoms with Gasteiger partial charge in [-0.3, -0.25) is 4.79 Å². The standard InChI is InChI=1S/C19H17F5N2O3S2/c20-16-6-3-14(11-17(16)21)30-12-18(27)25-7-9-26(10-8-25)31(28,29)15-4-1-13(2-5-15)19(22,23)24/h1-6,11H,7-10,12H2. The molecule has 3 rings (SSSR count). The predicted octanol–water partition coefficient (Wildman–Crippen LogP) is 3.61. The molecule has 0 atom stereocenters. The van der Waals surface area contributed by atoms with Crippen LogP contribution in [0.1, 0.15) is 5.56 Å². The topological polar surface area (TPSA) is 57.7 Å². The SMILES string of the molecule is O=C(CSc1ccc(F)c(F)c1)N1CCN(S(=O)(=O)c2ccc(C(F)(F)F)cc2)CC1. The number of hydrogen-bond acceptors (Lipinski definition) is 4. The molecule has 0 aromatic heterocycles. The number of rotatable bonds is 5. The van der Waals surface area contributed by atoms with E-state index in [1.807, 2.05) is 0 Å². The Kier molecular flexibility index (Phi) is 6.92. The van der Waals surface area contributed by atoms with Crippen molar-refractivity contribution in [3.8, 4) is 0 Å². The molecule has 0 spiro atoms.